The Morgan fingerprint density at radius 3 is 2.69 bits per heavy atom. The number of nitrogens with one attached hydrogen (secondary N) is 1. The molecule has 6 nitrogen and oxygen atoms in total. The van der Waals surface area contributed by atoms with Crippen LogP contribution in [0, 0.1) is 0 Å². The van der Waals surface area contributed by atoms with E-state index in [0.717, 1.165) is 5.82 Å². The predicted molar refractivity (Wildman–Crippen MR) is 61.7 cm³/mol. The third-order valence-electron chi connectivity index (χ3n) is 2.69. The summed E-state index contributed by atoms with van der Waals surface area (Å²) in [6.07, 6.45) is 2.30. The molecule has 1 rings (SSSR count). The number of hydrazine groups is 1. The Morgan fingerprint density at radius 2 is 2.19 bits per heavy atom. The van der Waals surface area contributed by atoms with Crippen molar-refractivity contribution in [2.24, 2.45) is 5.84 Å². The highest BCUT2D eigenvalue weighted by Crippen LogP contribution is 2.09. The van der Waals surface area contributed by atoms with Gasteiger partial charge in [0.15, 0.2) is 0 Å². The van der Waals surface area contributed by atoms with Crippen molar-refractivity contribution >= 4 is 0 Å². The van der Waals surface area contributed by atoms with E-state index in [2.05, 4.69) is 29.4 Å². The van der Waals surface area contributed by atoms with Crippen molar-refractivity contribution in [3.8, 4) is 0 Å². The quantitative estimate of drug-likeness (QED) is 0.538. The van der Waals surface area contributed by atoms with E-state index >= 15 is 0 Å². The van der Waals surface area contributed by atoms with Crippen LogP contribution >= 0.6 is 0 Å². The maximum absolute atomic E-state index is 5.50. The summed E-state index contributed by atoms with van der Waals surface area (Å²) in [4.78, 5) is 4.24. The molecule has 0 amide bonds. The highest BCUT2D eigenvalue weighted by Gasteiger charge is 2.19. The second kappa shape index (κ2) is 5.93. The van der Waals surface area contributed by atoms with Gasteiger partial charge in [-0.2, -0.15) is 5.10 Å². The smallest absolute Gasteiger partial charge is 0.138 e. The number of rotatable bonds is 6. The lowest BCUT2D eigenvalue weighted by Gasteiger charge is -2.22. The second-order valence-corrected chi connectivity index (χ2v) is 4.13. The molecule has 0 saturated heterocycles. The van der Waals surface area contributed by atoms with Crippen molar-refractivity contribution in [2.45, 2.75) is 45.4 Å². The summed E-state index contributed by atoms with van der Waals surface area (Å²) in [6, 6.07) is 0.334. The monoisotopic (exact) mass is 227 g/mol. The summed E-state index contributed by atoms with van der Waals surface area (Å²) in [5.41, 5.74) is 2.75. The van der Waals surface area contributed by atoms with Gasteiger partial charge in [-0.25, -0.2) is 9.67 Å². The van der Waals surface area contributed by atoms with Gasteiger partial charge in [0, 0.05) is 19.6 Å². The van der Waals surface area contributed by atoms with Crippen molar-refractivity contribution in [1.82, 2.24) is 20.2 Å². The lowest BCUT2D eigenvalue weighted by atomic mass is 10.1. The van der Waals surface area contributed by atoms with Gasteiger partial charge in [-0.1, -0.05) is 0 Å². The van der Waals surface area contributed by atoms with Crippen LogP contribution in [0.4, 0.5) is 0 Å². The molecule has 1 aromatic heterocycles. The van der Waals surface area contributed by atoms with Gasteiger partial charge in [-0.05, 0) is 20.8 Å². The minimum absolute atomic E-state index is 0.0299. The van der Waals surface area contributed by atoms with Crippen LogP contribution in [0.3, 0.4) is 0 Å². The normalized spacial score (nSPS) is 15.4. The fraction of sp³-hybridized carbons (Fsp3) is 0.800. The molecule has 1 aromatic rings. The highest BCUT2D eigenvalue weighted by molar-refractivity contribution is 4.92. The Morgan fingerprint density at radius 1 is 1.50 bits per heavy atom. The molecule has 0 bridgehead atoms. The molecule has 0 saturated carbocycles. The maximum atomic E-state index is 5.50. The zero-order chi connectivity index (χ0) is 12.1. The standard InChI is InChI=1S/C10H21N5O/c1-7(2)15-10(12-6-13-15)5-9(14-11)8(3)16-4/h6-9,14H,5,11H2,1-4H3. The van der Waals surface area contributed by atoms with Crippen LogP contribution in [0.2, 0.25) is 0 Å². The number of methoxy groups -OCH3 is 1. The van der Waals surface area contributed by atoms with Crippen LogP contribution in [0.1, 0.15) is 32.6 Å². The molecular weight excluding hydrogens is 206 g/mol. The molecule has 0 fully saturated rings. The molecule has 16 heavy (non-hydrogen) atoms. The Hall–Kier alpha value is -0.980. The van der Waals surface area contributed by atoms with E-state index in [0.29, 0.717) is 12.5 Å². The van der Waals surface area contributed by atoms with Crippen molar-refractivity contribution in [3.05, 3.63) is 12.2 Å². The minimum Gasteiger partial charge on any atom is -0.380 e. The maximum Gasteiger partial charge on any atom is 0.138 e. The number of aromatic nitrogens is 3. The third-order valence-corrected chi connectivity index (χ3v) is 2.69. The number of hydrogen-bond acceptors (Lipinski definition) is 5. The highest BCUT2D eigenvalue weighted by atomic mass is 16.5. The molecule has 3 N–H and O–H groups in total. The SMILES string of the molecule is COC(C)C(Cc1ncnn1C(C)C)NN. The minimum atomic E-state index is 0.0299. The molecule has 92 valence electrons. The van der Waals surface area contributed by atoms with Crippen molar-refractivity contribution < 1.29 is 4.74 Å². The number of nitrogens with two attached hydrogens (primary N) is 1. The van der Waals surface area contributed by atoms with Crippen LogP contribution in [-0.4, -0.2) is 34.0 Å². The zero-order valence-corrected chi connectivity index (χ0v) is 10.3. The zero-order valence-electron chi connectivity index (χ0n) is 10.3. The van der Waals surface area contributed by atoms with E-state index < -0.39 is 0 Å². The summed E-state index contributed by atoms with van der Waals surface area (Å²) in [5, 5.41) is 4.18. The summed E-state index contributed by atoms with van der Waals surface area (Å²) < 4.78 is 7.15. The lowest BCUT2D eigenvalue weighted by Crippen LogP contribution is -2.45. The first-order chi connectivity index (χ1) is 7.60. The molecule has 0 radical (unpaired) electrons. The molecule has 0 aliphatic heterocycles. The van der Waals surface area contributed by atoms with Gasteiger partial charge in [0.2, 0.25) is 0 Å². The van der Waals surface area contributed by atoms with Gasteiger partial charge in [0.1, 0.15) is 12.2 Å². The summed E-state index contributed by atoms with van der Waals surface area (Å²) in [7, 11) is 1.67. The summed E-state index contributed by atoms with van der Waals surface area (Å²) in [5.74, 6) is 6.42. The van der Waals surface area contributed by atoms with Crippen molar-refractivity contribution in [2.75, 3.05) is 7.11 Å². The first kappa shape index (κ1) is 13.1. The molecule has 2 unspecified atom stereocenters. The van der Waals surface area contributed by atoms with Crippen molar-refractivity contribution in [3.63, 3.8) is 0 Å². The Kier molecular flexibility index (Phi) is 4.85. The average Bonchev–Trinajstić information content (AvgIpc) is 2.72. The van der Waals surface area contributed by atoms with Gasteiger partial charge >= 0.3 is 0 Å². The lowest BCUT2D eigenvalue weighted by molar-refractivity contribution is 0.0819. The Bertz CT molecular complexity index is 312. The largest absolute Gasteiger partial charge is 0.380 e. The molecule has 0 spiro atoms. The van der Waals surface area contributed by atoms with Crippen LogP contribution in [0.15, 0.2) is 6.33 Å². The fourth-order valence-electron chi connectivity index (χ4n) is 1.57. The average molecular weight is 227 g/mol. The molecule has 1 heterocycles. The first-order valence-corrected chi connectivity index (χ1v) is 5.47. The predicted octanol–water partition coefficient (Wildman–Crippen LogP) is 0.268. The van der Waals surface area contributed by atoms with Gasteiger partial charge in [-0.15, -0.1) is 0 Å². The van der Waals surface area contributed by atoms with Crippen LogP contribution in [0.25, 0.3) is 0 Å². The Balaban J connectivity index is 2.74. The van der Waals surface area contributed by atoms with Gasteiger partial charge < -0.3 is 4.74 Å². The summed E-state index contributed by atoms with van der Waals surface area (Å²) >= 11 is 0. The van der Waals surface area contributed by atoms with Crippen LogP contribution < -0.4 is 11.3 Å². The van der Waals surface area contributed by atoms with E-state index in [1.807, 2.05) is 11.6 Å². The number of hydrogen-bond donors (Lipinski definition) is 2. The van der Waals surface area contributed by atoms with E-state index in [1.165, 1.54) is 0 Å². The molecule has 6 heteroatoms. The number of ether oxygens (including phenoxy) is 1. The molecule has 0 aliphatic carbocycles. The molecule has 0 aromatic carbocycles. The third kappa shape index (κ3) is 3.01. The van der Waals surface area contributed by atoms with Gasteiger partial charge in [-0.3, -0.25) is 11.3 Å². The Labute approximate surface area is 96.2 Å². The fourth-order valence-corrected chi connectivity index (χ4v) is 1.57. The van der Waals surface area contributed by atoms with E-state index in [-0.39, 0.29) is 12.1 Å². The first-order valence-electron chi connectivity index (χ1n) is 5.47. The van der Waals surface area contributed by atoms with E-state index in [9.17, 15) is 0 Å². The van der Waals surface area contributed by atoms with E-state index in [4.69, 9.17) is 10.6 Å². The summed E-state index contributed by atoms with van der Waals surface area (Å²) in [6.45, 7) is 6.12. The van der Waals surface area contributed by atoms with Gasteiger partial charge in [0.05, 0.1) is 12.1 Å². The van der Waals surface area contributed by atoms with Crippen LogP contribution in [0.5, 0.6) is 0 Å². The molecular formula is C10H21N5O. The number of nitrogens with zero attached hydrogens (tertiary/aromatic N) is 3. The van der Waals surface area contributed by atoms with Gasteiger partial charge in [0.25, 0.3) is 0 Å². The topological polar surface area (TPSA) is 78.0 Å². The molecule has 2 atom stereocenters. The van der Waals surface area contributed by atoms with Crippen LogP contribution in [-0.2, 0) is 11.2 Å². The van der Waals surface area contributed by atoms with E-state index in [1.54, 1.807) is 13.4 Å². The van der Waals surface area contributed by atoms with Crippen molar-refractivity contribution in [1.29, 1.82) is 0 Å². The second-order valence-electron chi connectivity index (χ2n) is 4.13. The molecule has 0 aliphatic rings.